The number of rotatable bonds is 3. The molecular formula is C17H17N3O3. The minimum Gasteiger partial charge on any atom is -0.466 e. The fourth-order valence-corrected chi connectivity index (χ4v) is 2.34. The van der Waals surface area contributed by atoms with E-state index in [1.165, 1.54) is 6.92 Å². The molecule has 1 aromatic carbocycles. The molecule has 0 radical (unpaired) electrons. The van der Waals surface area contributed by atoms with Gasteiger partial charge in [-0.2, -0.15) is 0 Å². The van der Waals surface area contributed by atoms with E-state index in [1.54, 1.807) is 30.6 Å². The summed E-state index contributed by atoms with van der Waals surface area (Å²) in [6.45, 7) is 3.66. The van der Waals surface area contributed by atoms with Crippen LogP contribution in [0.5, 0.6) is 5.75 Å². The van der Waals surface area contributed by atoms with Gasteiger partial charge in [-0.05, 0) is 43.2 Å². The van der Waals surface area contributed by atoms with Gasteiger partial charge in [-0.15, -0.1) is 0 Å². The monoisotopic (exact) mass is 311 g/mol. The molecule has 1 atom stereocenters. The van der Waals surface area contributed by atoms with E-state index < -0.39 is 17.4 Å². The van der Waals surface area contributed by atoms with E-state index in [2.05, 4.69) is 15.6 Å². The van der Waals surface area contributed by atoms with Gasteiger partial charge in [-0.3, -0.25) is 14.6 Å². The lowest BCUT2D eigenvalue weighted by Gasteiger charge is -2.33. The van der Waals surface area contributed by atoms with Crippen LogP contribution in [0.2, 0.25) is 0 Å². The van der Waals surface area contributed by atoms with Crippen molar-refractivity contribution >= 4 is 17.5 Å². The average Bonchev–Trinajstić information content (AvgIpc) is 2.55. The lowest BCUT2D eigenvalue weighted by Crippen LogP contribution is -2.58. The van der Waals surface area contributed by atoms with E-state index in [1.807, 2.05) is 19.1 Å². The molecule has 0 unspecified atom stereocenters. The van der Waals surface area contributed by atoms with Crippen molar-refractivity contribution in [2.45, 2.75) is 26.0 Å². The molecule has 0 bridgehead atoms. The third-order valence-corrected chi connectivity index (χ3v) is 3.74. The Balaban J connectivity index is 1.77. The Kier molecular flexibility index (Phi) is 3.73. The van der Waals surface area contributed by atoms with E-state index in [9.17, 15) is 9.59 Å². The number of anilines is 1. The van der Waals surface area contributed by atoms with Crippen LogP contribution in [0.4, 0.5) is 5.69 Å². The van der Waals surface area contributed by atoms with Gasteiger partial charge in [-0.1, -0.05) is 12.1 Å². The molecule has 0 saturated heterocycles. The highest BCUT2D eigenvalue weighted by Gasteiger charge is 2.47. The third-order valence-electron chi connectivity index (χ3n) is 3.74. The van der Waals surface area contributed by atoms with Crippen LogP contribution in [0.1, 0.15) is 18.1 Å². The van der Waals surface area contributed by atoms with E-state index >= 15 is 0 Å². The van der Waals surface area contributed by atoms with Crippen molar-refractivity contribution in [2.75, 3.05) is 5.32 Å². The summed E-state index contributed by atoms with van der Waals surface area (Å²) in [5.74, 6) is -0.501. The van der Waals surface area contributed by atoms with E-state index in [0.29, 0.717) is 11.4 Å². The van der Waals surface area contributed by atoms with Gasteiger partial charge >= 0.3 is 0 Å². The second-order valence-electron chi connectivity index (χ2n) is 5.63. The van der Waals surface area contributed by atoms with Gasteiger partial charge in [0.2, 0.25) is 0 Å². The number of aromatic nitrogens is 1. The van der Waals surface area contributed by atoms with Crippen LogP contribution in [0, 0.1) is 6.92 Å². The van der Waals surface area contributed by atoms with Crippen LogP contribution in [0.25, 0.3) is 0 Å². The average molecular weight is 311 g/mol. The molecule has 0 saturated carbocycles. The minimum absolute atomic E-state index is 0.277. The molecule has 0 aliphatic carbocycles. The topological polar surface area (TPSA) is 80.3 Å². The minimum atomic E-state index is -1.61. The van der Waals surface area contributed by atoms with Gasteiger partial charge < -0.3 is 15.4 Å². The molecule has 0 fully saturated rings. The number of hydrogen-bond donors (Lipinski definition) is 2. The number of nitrogens with zero attached hydrogens (tertiary/aromatic N) is 1. The Labute approximate surface area is 133 Å². The largest absolute Gasteiger partial charge is 0.466 e. The zero-order valence-corrected chi connectivity index (χ0v) is 12.9. The van der Waals surface area contributed by atoms with Gasteiger partial charge in [0.1, 0.15) is 5.75 Å². The summed E-state index contributed by atoms with van der Waals surface area (Å²) >= 11 is 0. The number of carbonyl (C=O) groups is 2. The summed E-state index contributed by atoms with van der Waals surface area (Å²) < 4.78 is 5.70. The fourth-order valence-electron chi connectivity index (χ4n) is 2.34. The van der Waals surface area contributed by atoms with Gasteiger partial charge in [0.05, 0.1) is 5.69 Å². The van der Waals surface area contributed by atoms with Gasteiger partial charge in [-0.25, -0.2) is 0 Å². The van der Waals surface area contributed by atoms with Crippen LogP contribution in [0.3, 0.4) is 0 Å². The van der Waals surface area contributed by atoms with Crippen molar-refractivity contribution in [1.82, 2.24) is 10.3 Å². The predicted octanol–water partition coefficient (Wildman–Crippen LogP) is 1.80. The number of amides is 2. The van der Waals surface area contributed by atoms with Crippen LogP contribution in [-0.2, 0) is 16.1 Å². The normalized spacial score (nSPS) is 19.3. The molecular weight excluding hydrogens is 294 g/mol. The zero-order chi connectivity index (χ0) is 16.4. The van der Waals surface area contributed by atoms with Crippen molar-refractivity contribution in [2.24, 2.45) is 0 Å². The lowest BCUT2D eigenvalue weighted by atomic mass is 10.0. The van der Waals surface area contributed by atoms with Crippen LogP contribution in [0.15, 0.2) is 42.7 Å². The van der Waals surface area contributed by atoms with E-state index in [0.717, 1.165) is 11.1 Å². The van der Waals surface area contributed by atoms with E-state index in [4.69, 9.17) is 4.74 Å². The molecule has 3 rings (SSSR count). The fraction of sp³-hybridized carbons (Fsp3) is 0.235. The van der Waals surface area contributed by atoms with Gasteiger partial charge in [0.15, 0.2) is 0 Å². The van der Waals surface area contributed by atoms with E-state index in [-0.39, 0.29) is 6.54 Å². The van der Waals surface area contributed by atoms with Crippen molar-refractivity contribution in [3.63, 3.8) is 0 Å². The third kappa shape index (κ3) is 2.88. The molecule has 2 N–H and O–H groups in total. The van der Waals surface area contributed by atoms with Crippen LogP contribution >= 0.6 is 0 Å². The Morgan fingerprint density at radius 1 is 1.39 bits per heavy atom. The summed E-state index contributed by atoms with van der Waals surface area (Å²) in [5, 5.41) is 5.45. The Morgan fingerprint density at radius 2 is 2.22 bits per heavy atom. The first-order valence-electron chi connectivity index (χ1n) is 7.27. The standard InChI is InChI=1S/C17H17N3O3/c1-11-5-6-14-13(8-11)20-16(22)17(2,23-14)15(21)19-10-12-4-3-7-18-9-12/h3-9H,10H2,1-2H3,(H,19,21)(H,20,22)/t17-/m1/s1. The van der Waals surface area contributed by atoms with Gasteiger partial charge in [0.25, 0.3) is 17.4 Å². The molecule has 1 aliphatic heterocycles. The van der Waals surface area contributed by atoms with Crippen LogP contribution < -0.4 is 15.4 Å². The molecule has 118 valence electrons. The zero-order valence-electron chi connectivity index (χ0n) is 12.9. The summed E-state index contributed by atoms with van der Waals surface area (Å²) in [7, 11) is 0. The number of nitrogens with one attached hydrogen (secondary N) is 2. The molecule has 1 aliphatic rings. The summed E-state index contributed by atoms with van der Waals surface area (Å²) in [6, 6.07) is 9.04. The highest BCUT2D eigenvalue weighted by molar-refractivity contribution is 6.15. The Hall–Kier alpha value is -2.89. The molecule has 6 heteroatoms. The van der Waals surface area contributed by atoms with Crippen molar-refractivity contribution in [3.05, 3.63) is 53.9 Å². The second-order valence-corrected chi connectivity index (χ2v) is 5.63. The maximum absolute atomic E-state index is 12.5. The predicted molar refractivity (Wildman–Crippen MR) is 84.9 cm³/mol. The number of benzene rings is 1. The molecule has 6 nitrogen and oxygen atoms in total. The molecule has 0 spiro atoms. The number of aryl methyl sites for hydroxylation is 1. The number of pyridine rings is 1. The van der Waals surface area contributed by atoms with Crippen LogP contribution in [-0.4, -0.2) is 22.4 Å². The molecule has 2 amide bonds. The first-order valence-corrected chi connectivity index (χ1v) is 7.27. The number of fused-ring (bicyclic) bond motifs is 1. The van der Waals surface area contributed by atoms with Gasteiger partial charge in [0, 0.05) is 18.9 Å². The molecule has 2 aromatic rings. The lowest BCUT2D eigenvalue weighted by molar-refractivity contribution is -0.146. The highest BCUT2D eigenvalue weighted by atomic mass is 16.5. The Morgan fingerprint density at radius 3 is 2.96 bits per heavy atom. The quantitative estimate of drug-likeness (QED) is 0.847. The number of carbonyl (C=O) groups excluding carboxylic acids is 2. The van der Waals surface area contributed by atoms with Crippen molar-refractivity contribution < 1.29 is 14.3 Å². The molecule has 1 aromatic heterocycles. The van der Waals surface area contributed by atoms with Crippen molar-refractivity contribution in [1.29, 1.82) is 0 Å². The SMILES string of the molecule is Cc1ccc2c(c1)NC(=O)[C@@](C)(C(=O)NCc1cccnc1)O2. The first-order chi connectivity index (χ1) is 11.0. The highest BCUT2D eigenvalue weighted by Crippen LogP contribution is 2.34. The maximum Gasteiger partial charge on any atom is 0.278 e. The molecule has 23 heavy (non-hydrogen) atoms. The Bertz CT molecular complexity index is 761. The maximum atomic E-state index is 12.5. The second kappa shape index (κ2) is 5.72. The number of hydrogen-bond acceptors (Lipinski definition) is 4. The number of ether oxygens (including phenoxy) is 1. The summed E-state index contributed by atoms with van der Waals surface area (Å²) in [5.41, 5.74) is 0.811. The molecule has 2 heterocycles. The first kappa shape index (κ1) is 15.0. The summed E-state index contributed by atoms with van der Waals surface area (Å²) in [4.78, 5) is 28.8. The summed E-state index contributed by atoms with van der Waals surface area (Å²) in [6.07, 6.45) is 3.31. The van der Waals surface area contributed by atoms with Crippen molar-refractivity contribution in [3.8, 4) is 5.75 Å². The smallest absolute Gasteiger partial charge is 0.278 e.